The van der Waals surface area contributed by atoms with Crippen molar-refractivity contribution in [2.24, 2.45) is 0 Å². The van der Waals surface area contributed by atoms with Gasteiger partial charge < -0.3 is 25.0 Å². The van der Waals surface area contributed by atoms with Crippen LogP contribution in [0.2, 0.25) is 0 Å². The first-order chi connectivity index (χ1) is 17.7. The first-order valence-electron chi connectivity index (χ1n) is 11.6. The maximum Gasteiger partial charge on any atom is 0.490 e. The number of carbonyl (C=O) groups is 2. The smallest absolute Gasteiger partial charge is 0.475 e. The van der Waals surface area contributed by atoms with Crippen molar-refractivity contribution in [3.8, 4) is 11.3 Å². The number of carboxylic acids is 1. The van der Waals surface area contributed by atoms with E-state index in [1.165, 1.54) is 5.69 Å². The number of aliphatic carboxylic acids is 1. The summed E-state index contributed by atoms with van der Waals surface area (Å²) in [6.45, 7) is 4.14. The molecule has 194 valence electrons. The van der Waals surface area contributed by atoms with Crippen molar-refractivity contribution in [1.29, 1.82) is 0 Å². The number of hydrogen-bond donors (Lipinski definition) is 3. The first-order valence-corrected chi connectivity index (χ1v) is 11.6. The number of fused-ring (bicyclic) bond motifs is 1. The van der Waals surface area contributed by atoms with E-state index < -0.39 is 12.1 Å². The molecule has 2 aliphatic heterocycles. The predicted octanol–water partition coefficient (Wildman–Crippen LogP) is 4.00. The number of pyridine rings is 1. The number of nitrogens with zero attached hydrogens (tertiary/aromatic N) is 2. The molecule has 0 bridgehead atoms. The van der Waals surface area contributed by atoms with Crippen LogP contribution in [-0.2, 0) is 16.0 Å². The standard InChI is InChI=1S/C24H24N4O2.C2HF3O2/c29-24-21-16-23(27-22(21)8-10-26-24)18-7-9-25-19(15-18)4-1-17-2-5-20(6-3-17)28-11-13-30-14-12-28;3-2(4,5)1(6)7/h1-7,9,15-16,27H,8,10-14H2,(H,26,29);(H,6,7). The molecular weight excluding hydrogens is 489 g/mol. The van der Waals surface area contributed by atoms with E-state index in [1.54, 1.807) is 6.20 Å². The molecular formula is C26H25F3N4O4. The van der Waals surface area contributed by atoms with E-state index in [0.29, 0.717) is 6.54 Å². The number of nitrogens with one attached hydrogen (secondary N) is 2. The van der Waals surface area contributed by atoms with Gasteiger partial charge in [-0.3, -0.25) is 9.78 Å². The van der Waals surface area contributed by atoms with Gasteiger partial charge in [0.05, 0.1) is 24.5 Å². The molecule has 37 heavy (non-hydrogen) atoms. The number of H-pyrrole nitrogens is 1. The molecule has 8 nitrogen and oxygen atoms in total. The number of benzene rings is 1. The summed E-state index contributed by atoms with van der Waals surface area (Å²) in [7, 11) is 0. The number of morpholine rings is 1. The van der Waals surface area contributed by atoms with Gasteiger partial charge in [0.1, 0.15) is 0 Å². The number of carbonyl (C=O) groups excluding carboxylic acids is 1. The number of anilines is 1. The number of carboxylic acid groups (broad SMARTS) is 1. The van der Waals surface area contributed by atoms with Crippen LogP contribution in [-0.4, -0.2) is 66.0 Å². The third-order valence-corrected chi connectivity index (χ3v) is 5.85. The number of halogens is 3. The van der Waals surface area contributed by atoms with Gasteiger partial charge in [-0.2, -0.15) is 13.2 Å². The highest BCUT2D eigenvalue weighted by atomic mass is 19.4. The summed E-state index contributed by atoms with van der Waals surface area (Å²) in [6, 6.07) is 14.5. The summed E-state index contributed by atoms with van der Waals surface area (Å²) in [5.74, 6) is -2.76. The molecule has 0 spiro atoms. The van der Waals surface area contributed by atoms with Gasteiger partial charge in [0.2, 0.25) is 0 Å². The molecule has 0 atom stereocenters. The van der Waals surface area contributed by atoms with E-state index in [2.05, 4.69) is 50.5 Å². The Labute approximate surface area is 210 Å². The summed E-state index contributed by atoms with van der Waals surface area (Å²) in [6.07, 6.45) is 1.64. The summed E-state index contributed by atoms with van der Waals surface area (Å²) < 4.78 is 37.2. The molecule has 1 amide bonds. The van der Waals surface area contributed by atoms with Crippen LogP contribution in [0.5, 0.6) is 0 Å². The second kappa shape index (κ2) is 11.3. The van der Waals surface area contributed by atoms with E-state index in [0.717, 1.165) is 66.5 Å². The number of alkyl halides is 3. The Bertz CT molecular complexity index is 1280. The van der Waals surface area contributed by atoms with Crippen molar-refractivity contribution in [3.05, 3.63) is 71.2 Å². The molecule has 11 heteroatoms. The van der Waals surface area contributed by atoms with Gasteiger partial charge in [0.25, 0.3) is 5.91 Å². The summed E-state index contributed by atoms with van der Waals surface area (Å²) in [5, 5.41) is 10.0. The Morgan fingerprint density at radius 2 is 1.78 bits per heavy atom. The molecule has 4 heterocycles. The highest BCUT2D eigenvalue weighted by molar-refractivity contribution is 5.97. The van der Waals surface area contributed by atoms with Crippen LogP contribution in [0.3, 0.4) is 0 Å². The van der Waals surface area contributed by atoms with Crippen LogP contribution in [0, 0.1) is 0 Å². The molecule has 1 aromatic carbocycles. The number of aromatic amines is 1. The minimum Gasteiger partial charge on any atom is -0.475 e. The molecule has 5 rings (SSSR count). The maximum absolute atomic E-state index is 12.0. The molecule has 2 aliphatic rings. The van der Waals surface area contributed by atoms with Crippen LogP contribution >= 0.6 is 0 Å². The highest BCUT2D eigenvalue weighted by Gasteiger charge is 2.38. The van der Waals surface area contributed by atoms with Gasteiger partial charge in [-0.25, -0.2) is 4.79 Å². The SMILES string of the molecule is O=C(O)C(F)(F)F.O=C1NCCc2[nH]c(-c3ccnc(C=Cc4ccc(N5CCOCC5)cc4)c3)cc21. The van der Waals surface area contributed by atoms with Gasteiger partial charge in [0.15, 0.2) is 0 Å². The first kappa shape index (κ1) is 26.0. The Morgan fingerprint density at radius 3 is 2.43 bits per heavy atom. The molecule has 0 unspecified atom stereocenters. The third kappa shape index (κ3) is 6.76. The number of hydrogen-bond acceptors (Lipinski definition) is 5. The van der Waals surface area contributed by atoms with Crippen molar-refractivity contribution >= 4 is 29.7 Å². The zero-order valence-corrected chi connectivity index (χ0v) is 19.7. The van der Waals surface area contributed by atoms with Crippen molar-refractivity contribution in [3.63, 3.8) is 0 Å². The van der Waals surface area contributed by atoms with Gasteiger partial charge in [-0.05, 0) is 42.0 Å². The fraction of sp³-hybridized carbons (Fsp3) is 0.269. The lowest BCUT2D eigenvalue weighted by Gasteiger charge is -2.28. The lowest BCUT2D eigenvalue weighted by molar-refractivity contribution is -0.192. The number of aromatic nitrogens is 2. The molecule has 1 saturated heterocycles. The largest absolute Gasteiger partial charge is 0.490 e. The van der Waals surface area contributed by atoms with Gasteiger partial charge in [0, 0.05) is 54.9 Å². The average Bonchev–Trinajstić information content (AvgIpc) is 3.34. The second-order valence-electron chi connectivity index (χ2n) is 8.38. The van der Waals surface area contributed by atoms with Crippen molar-refractivity contribution in [2.75, 3.05) is 37.7 Å². The van der Waals surface area contributed by atoms with E-state index >= 15 is 0 Å². The molecule has 1 fully saturated rings. The Kier molecular flexibility index (Phi) is 7.92. The quantitative estimate of drug-likeness (QED) is 0.486. The minimum absolute atomic E-state index is 0.00606. The monoisotopic (exact) mass is 514 g/mol. The number of ether oxygens (including phenoxy) is 1. The Morgan fingerprint density at radius 1 is 1.08 bits per heavy atom. The molecule has 3 N–H and O–H groups in total. The van der Waals surface area contributed by atoms with Gasteiger partial charge in [-0.15, -0.1) is 0 Å². The fourth-order valence-corrected chi connectivity index (χ4v) is 3.96. The summed E-state index contributed by atoms with van der Waals surface area (Å²) in [5.41, 5.74) is 6.95. The Balaban J connectivity index is 0.000000405. The van der Waals surface area contributed by atoms with E-state index in [1.807, 2.05) is 24.3 Å². The zero-order valence-electron chi connectivity index (χ0n) is 19.7. The third-order valence-electron chi connectivity index (χ3n) is 5.85. The van der Waals surface area contributed by atoms with Crippen LogP contribution in [0.25, 0.3) is 23.4 Å². The van der Waals surface area contributed by atoms with Crippen LogP contribution < -0.4 is 10.2 Å². The molecule has 3 aromatic rings. The second-order valence-corrected chi connectivity index (χ2v) is 8.38. The van der Waals surface area contributed by atoms with Crippen LogP contribution in [0.4, 0.5) is 18.9 Å². The van der Waals surface area contributed by atoms with E-state index in [9.17, 15) is 18.0 Å². The molecule has 0 aliphatic carbocycles. The summed E-state index contributed by atoms with van der Waals surface area (Å²) >= 11 is 0. The van der Waals surface area contributed by atoms with Crippen LogP contribution in [0.1, 0.15) is 27.3 Å². The van der Waals surface area contributed by atoms with E-state index in [4.69, 9.17) is 14.6 Å². The van der Waals surface area contributed by atoms with Crippen molar-refractivity contribution < 1.29 is 32.6 Å². The summed E-state index contributed by atoms with van der Waals surface area (Å²) in [4.78, 5) is 31.1. The van der Waals surface area contributed by atoms with Crippen molar-refractivity contribution in [1.82, 2.24) is 15.3 Å². The topological polar surface area (TPSA) is 108 Å². The lowest BCUT2D eigenvalue weighted by atomic mass is 10.1. The van der Waals surface area contributed by atoms with Gasteiger partial charge >= 0.3 is 12.1 Å². The lowest BCUT2D eigenvalue weighted by Crippen LogP contribution is -2.36. The maximum atomic E-state index is 12.0. The molecule has 0 radical (unpaired) electrons. The number of rotatable bonds is 4. The minimum atomic E-state index is -5.08. The zero-order chi connectivity index (χ0) is 26.4. The average molecular weight is 515 g/mol. The Hall–Kier alpha value is -4.12. The van der Waals surface area contributed by atoms with Crippen molar-refractivity contribution in [2.45, 2.75) is 12.6 Å². The highest BCUT2D eigenvalue weighted by Crippen LogP contribution is 2.25. The fourth-order valence-electron chi connectivity index (χ4n) is 3.96. The predicted molar refractivity (Wildman–Crippen MR) is 132 cm³/mol. The normalized spacial score (nSPS) is 15.5. The molecule has 2 aromatic heterocycles. The van der Waals surface area contributed by atoms with Gasteiger partial charge in [-0.1, -0.05) is 18.2 Å². The number of amides is 1. The van der Waals surface area contributed by atoms with E-state index in [-0.39, 0.29) is 5.91 Å². The van der Waals surface area contributed by atoms with Crippen LogP contribution in [0.15, 0.2) is 48.7 Å². The molecule has 0 saturated carbocycles.